The van der Waals surface area contributed by atoms with E-state index in [-0.39, 0.29) is 0 Å². The molecule has 0 spiro atoms. The molecule has 96 valence electrons. The van der Waals surface area contributed by atoms with Crippen molar-refractivity contribution in [3.63, 3.8) is 0 Å². The van der Waals surface area contributed by atoms with Gasteiger partial charge in [-0.05, 0) is 20.8 Å². The molecule has 0 amide bonds. The highest BCUT2D eigenvalue weighted by Gasteiger charge is 2.54. The Kier molecular flexibility index (Phi) is 5.03. The molecule has 0 fully saturated rings. The number of ether oxygens (including phenoxy) is 1. The Hall–Kier alpha value is -0.530. The zero-order valence-electron chi connectivity index (χ0n) is 9.97. The lowest BCUT2D eigenvalue weighted by atomic mass is 9.77. The SMILES string of the molecule is COC(C)(C(C)=O)C(C)(O)C(O)C(O)CO. The second kappa shape index (κ2) is 5.20. The zero-order valence-corrected chi connectivity index (χ0v) is 9.97. The van der Waals surface area contributed by atoms with Crippen LogP contribution in [0.25, 0.3) is 0 Å². The maximum absolute atomic E-state index is 11.4. The molecule has 0 aliphatic carbocycles. The van der Waals surface area contributed by atoms with Gasteiger partial charge < -0.3 is 25.2 Å². The normalized spacial score (nSPS) is 23.0. The van der Waals surface area contributed by atoms with Gasteiger partial charge in [-0.3, -0.25) is 4.79 Å². The molecule has 4 atom stereocenters. The lowest BCUT2D eigenvalue weighted by molar-refractivity contribution is -0.217. The Labute approximate surface area is 94.5 Å². The monoisotopic (exact) mass is 236 g/mol. The number of methoxy groups -OCH3 is 1. The van der Waals surface area contributed by atoms with Crippen LogP contribution in [0, 0.1) is 0 Å². The van der Waals surface area contributed by atoms with Crippen LogP contribution in [-0.4, -0.2) is 63.3 Å². The van der Waals surface area contributed by atoms with Gasteiger partial charge in [-0.1, -0.05) is 0 Å². The maximum Gasteiger partial charge on any atom is 0.164 e. The van der Waals surface area contributed by atoms with Crippen molar-refractivity contribution in [2.75, 3.05) is 13.7 Å². The minimum absolute atomic E-state index is 0.496. The number of carbonyl (C=O) groups excluding carboxylic acids is 1. The highest BCUT2D eigenvalue weighted by Crippen LogP contribution is 2.31. The molecule has 0 aromatic rings. The molecule has 16 heavy (non-hydrogen) atoms. The van der Waals surface area contributed by atoms with Crippen LogP contribution in [0.5, 0.6) is 0 Å². The molecule has 4 unspecified atom stereocenters. The van der Waals surface area contributed by atoms with E-state index in [1.165, 1.54) is 27.9 Å². The fraction of sp³-hybridized carbons (Fsp3) is 0.900. The molecule has 0 aliphatic rings. The Bertz CT molecular complexity index is 252. The number of aliphatic hydroxyl groups is 4. The first-order valence-electron chi connectivity index (χ1n) is 4.90. The van der Waals surface area contributed by atoms with Gasteiger partial charge in [0.15, 0.2) is 11.4 Å². The van der Waals surface area contributed by atoms with Crippen LogP contribution >= 0.6 is 0 Å². The largest absolute Gasteiger partial charge is 0.394 e. The third-order valence-electron chi connectivity index (χ3n) is 3.17. The van der Waals surface area contributed by atoms with Gasteiger partial charge in [0.25, 0.3) is 0 Å². The first-order chi connectivity index (χ1) is 7.15. The number of Topliss-reactive ketones (excluding diaryl/α,β-unsaturated/α-hetero) is 1. The van der Waals surface area contributed by atoms with Gasteiger partial charge in [-0.2, -0.15) is 0 Å². The summed E-state index contributed by atoms with van der Waals surface area (Å²) in [5, 5.41) is 37.8. The Morgan fingerprint density at radius 1 is 1.38 bits per heavy atom. The molecule has 0 saturated heterocycles. The van der Waals surface area contributed by atoms with Crippen molar-refractivity contribution in [3.05, 3.63) is 0 Å². The van der Waals surface area contributed by atoms with Crippen LogP contribution in [0.4, 0.5) is 0 Å². The van der Waals surface area contributed by atoms with Gasteiger partial charge in [-0.15, -0.1) is 0 Å². The Morgan fingerprint density at radius 3 is 2.06 bits per heavy atom. The summed E-state index contributed by atoms with van der Waals surface area (Å²) in [5.74, 6) is -0.496. The first-order valence-corrected chi connectivity index (χ1v) is 4.90. The Morgan fingerprint density at radius 2 is 1.81 bits per heavy atom. The van der Waals surface area contributed by atoms with E-state index in [9.17, 15) is 20.1 Å². The summed E-state index contributed by atoms with van der Waals surface area (Å²) in [6, 6.07) is 0. The maximum atomic E-state index is 11.4. The summed E-state index contributed by atoms with van der Waals surface area (Å²) >= 11 is 0. The molecular weight excluding hydrogens is 216 g/mol. The van der Waals surface area contributed by atoms with Crippen molar-refractivity contribution in [1.82, 2.24) is 0 Å². The Balaban J connectivity index is 5.22. The summed E-state index contributed by atoms with van der Waals surface area (Å²) in [6.45, 7) is 2.95. The van der Waals surface area contributed by atoms with Crippen molar-refractivity contribution >= 4 is 5.78 Å². The van der Waals surface area contributed by atoms with Crippen LogP contribution in [0.15, 0.2) is 0 Å². The topological polar surface area (TPSA) is 107 Å². The summed E-state index contributed by atoms with van der Waals surface area (Å²) in [7, 11) is 1.22. The molecular formula is C10H20O6. The summed E-state index contributed by atoms with van der Waals surface area (Å²) in [6.07, 6.45) is -3.25. The van der Waals surface area contributed by atoms with E-state index in [0.29, 0.717) is 0 Å². The van der Waals surface area contributed by atoms with Crippen molar-refractivity contribution in [2.45, 2.75) is 44.2 Å². The predicted octanol–water partition coefficient (Wildman–Crippen LogP) is -1.55. The molecule has 0 radical (unpaired) electrons. The van der Waals surface area contributed by atoms with Crippen molar-refractivity contribution in [2.24, 2.45) is 0 Å². The number of carbonyl (C=O) groups is 1. The molecule has 0 saturated carbocycles. The molecule has 6 nitrogen and oxygen atoms in total. The molecule has 0 bridgehead atoms. The quantitative estimate of drug-likeness (QED) is 0.444. The van der Waals surface area contributed by atoms with Crippen LogP contribution < -0.4 is 0 Å². The van der Waals surface area contributed by atoms with Gasteiger partial charge in [0, 0.05) is 7.11 Å². The molecule has 0 aromatic carbocycles. The van der Waals surface area contributed by atoms with Crippen LogP contribution in [-0.2, 0) is 9.53 Å². The van der Waals surface area contributed by atoms with E-state index in [1.807, 2.05) is 0 Å². The van der Waals surface area contributed by atoms with E-state index in [0.717, 1.165) is 0 Å². The second-order valence-corrected chi connectivity index (χ2v) is 4.14. The van der Waals surface area contributed by atoms with Crippen LogP contribution in [0.3, 0.4) is 0 Å². The minimum atomic E-state index is -2.02. The van der Waals surface area contributed by atoms with E-state index >= 15 is 0 Å². The zero-order chi connectivity index (χ0) is 13.1. The molecule has 6 heteroatoms. The van der Waals surface area contributed by atoms with Gasteiger partial charge >= 0.3 is 0 Å². The van der Waals surface area contributed by atoms with E-state index < -0.39 is 35.8 Å². The number of aliphatic hydroxyl groups excluding tert-OH is 3. The van der Waals surface area contributed by atoms with Gasteiger partial charge in [0.2, 0.25) is 0 Å². The molecule has 0 rings (SSSR count). The molecule has 0 aliphatic heterocycles. The lowest BCUT2D eigenvalue weighted by Crippen LogP contribution is -2.65. The van der Waals surface area contributed by atoms with Crippen molar-refractivity contribution < 1.29 is 30.0 Å². The first kappa shape index (κ1) is 15.5. The van der Waals surface area contributed by atoms with Crippen LogP contribution in [0.2, 0.25) is 0 Å². The van der Waals surface area contributed by atoms with Gasteiger partial charge in [0.1, 0.15) is 17.8 Å². The predicted molar refractivity (Wildman–Crippen MR) is 55.8 cm³/mol. The minimum Gasteiger partial charge on any atom is -0.394 e. The fourth-order valence-electron chi connectivity index (χ4n) is 1.46. The van der Waals surface area contributed by atoms with E-state index in [1.54, 1.807) is 0 Å². The van der Waals surface area contributed by atoms with E-state index in [2.05, 4.69) is 0 Å². The summed E-state index contributed by atoms with van der Waals surface area (Å²) in [4.78, 5) is 11.4. The standard InChI is InChI=1S/C10H20O6/c1-6(12)10(3,16-4)9(2,15)8(14)7(13)5-11/h7-8,11,13-15H,5H2,1-4H3. The summed E-state index contributed by atoms with van der Waals surface area (Å²) in [5.41, 5.74) is -3.68. The van der Waals surface area contributed by atoms with Gasteiger partial charge in [0.05, 0.1) is 6.61 Å². The third-order valence-corrected chi connectivity index (χ3v) is 3.17. The molecule has 4 N–H and O–H groups in total. The number of ketones is 1. The molecule has 0 heterocycles. The smallest absolute Gasteiger partial charge is 0.164 e. The summed E-state index contributed by atoms with van der Waals surface area (Å²) < 4.78 is 4.93. The van der Waals surface area contributed by atoms with Crippen molar-refractivity contribution in [1.29, 1.82) is 0 Å². The highest BCUT2D eigenvalue weighted by atomic mass is 16.5. The number of hydrogen-bond acceptors (Lipinski definition) is 6. The number of rotatable bonds is 6. The number of hydrogen-bond donors (Lipinski definition) is 4. The lowest BCUT2D eigenvalue weighted by Gasteiger charge is -2.43. The van der Waals surface area contributed by atoms with Crippen LogP contribution in [0.1, 0.15) is 20.8 Å². The second-order valence-electron chi connectivity index (χ2n) is 4.14. The van der Waals surface area contributed by atoms with E-state index in [4.69, 9.17) is 9.84 Å². The third kappa shape index (κ3) is 2.41. The average Bonchev–Trinajstić information content (AvgIpc) is 2.24. The highest BCUT2D eigenvalue weighted by molar-refractivity contribution is 5.86. The fourth-order valence-corrected chi connectivity index (χ4v) is 1.46. The van der Waals surface area contributed by atoms with Crippen molar-refractivity contribution in [3.8, 4) is 0 Å². The average molecular weight is 236 g/mol. The van der Waals surface area contributed by atoms with Gasteiger partial charge in [-0.25, -0.2) is 0 Å². The molecule has 0 aromatic heterocycles.